The Balaban J connectivity index is 1.47. The van der Waals surface area contributed by atoms with Crippen LogP contribution in [0.25, 0.3) is 0 Å². The van der Waals surface area contributed by atoms with Crippen molar-refractivity contribution in [2.24, 2.45) is 5.92 Å². The number of amides is 5. The Morgan fingerprint density at radius 2 is 1.91 bits per heavy atom. The molecule has 0 spiro atoms. The molecule has 0 unspecified atom stereocenters. The van der Waals surface area contributed by atoms with Gasteiger partial charge in [-0.2, -0.15) is 0 Å². The molecule has 2 fully saturated rings. The van der Waals surface area contributed by atoms with E-state index in [4.69, 9.17) is 4.74 Å². The maximum Gasteiger partial charge on any atom is 0.407 e. The average molecular weight is 456 g/mol. The van der Waals surface area contributed by atoms with E-state index < -0.39 is 35.8 Å². The first kappa shape index (κ1) is 22.8. The smallest absolute Gasteiger partial charge is 0.407 e. The highest BCUT2D eigenvalue weighted by atomic mass is 16.5. The van der Waals surface area contributed by atoms with E-state index in [1.807, 2.05) is 25.7 Å². The number of piperidine rings is 1. The monoisotopic (exact) mass is 456 g/mol. The zero-order valence-electron chi connectivity index (χ0n) is 19.0. The molecule has 2 saturated heterocycles. The van der Waals surface area contributed by atoms with Crippen molar-refractivity contribution in [2.75, 3.05) is 24.6 Å². The van der Waals surface area contributed by atoms with Gasteiger partial charge in [0.15, 0.2) is 0 Å². The van der Waals surface area contributed by atoms with Crippen LogP contribution in [0, 0.1) is 5.92 Å². The second-order valence-corrected chi connectivity index (χ2v) is 9.72. The minimum absolute atomic E-state index is 0.0767. The lowest BCUT2D eigenvalue weighted by Crippen LogP contribution is -2.54. The highest BCUT2D eigenvalue weighted by molar-refractivity contribution is 6.25. The Morgan fingerprint density at radius 3 is 2.61 bits per heavy atom. The molecule has 3 heterocycles. The van der Waals surface area contributed by atoms with Gasteiger partial charge in [0.25, 0.3) is 11.8 Å². The maximum atomic E-state index is 13.3. The molecular weight excluding hydrogens is 428 g/mol. The Bertz CT molecular complexity index is 1030. The molecule has 10 heteroatoms. The normalized spacial score (nSPS) is 23.0. The van der Waals surface area contributed by atoms with Crippen molar-refractivity contribution >= 4 is 35.4 Å². The van der Waals surface area contributed by atoms with Gasteiger partial charge in [-0.25, -0.2) is 4.79 Å². The number of nitrogens with zero attached hydrogens (tertiary/aromatic N) is 2. The van der Waals surface area contributed by atoms with Crippen molar-refractivity contribution in [1.82, 2.24) is 15.5 Å². The van der Waals surface area contributed by atoms with Gasteiger partial charge in [0.05, 0.1) is 23.4 Å². The third-order valence-corrected chi connectivity index (χ3v) is 6.00. The predicted octanol–water partition coefficient (Wildman–Crippen LogP) is 1.44. The zero-order chi connectivity index (χ0) is 23.9. The second kappa shape index (κ2) is 8.49. The minimum atomic E-state index is -0.996. The largest absolute Gasteiger partial charge is 0.449 e. The van der Waals surface area contributed by atoms with E-state index in [0.29, 0.717) is 18.8 Å². The number of anilines is 1. The molecule has 3 aliphatic heterocycles. The van der Waals surface area contributed by atoms with Gasteiger partial charge in [0, 0.05) is 31.0 Å². The van der Waals surface area contributed by atoms with E-state index in [0.717, 1.165) is 11.3 Å². The Hall–Kier alpha value is -3.43. The van der Waals surface area contributed by atoms with E-state index in [-0.39, 0.29) is 42.0 Å². The van der Waals surface area contributed by atoms with Gasteiger partial charge in [0.1, 0.15) is 6.04 Å². The zero-order valence-corrected chi connectivity index (χ0v) is 19.0. The Labute approximate surface area is 191 Å². The molecule has 0 aliphatic carbocycles. The van der Waals surface area contributed by atoms with E-state index in [2.05, 4.69) is 10.6 Å². The Kier molecular flexibility index (Phi) is 5.85. The lowest BCUT2D eigenvalue weighted by molar-refractivity contribution is -0.136. The number of benzene rings is 1. The summed E-state index contributed by atoms with van der Waals surface area (Å²) in [5.41, 5.74) is 0.776. The van der Waals surface area contributed by atoms with Crippen LogP contribution in [0.2, 0.25) is 0 Å². The van der Waals surface area contributed by atoms with Crippen LogP contribution < -0.4 is 15.5 Å². The molecule has 0 bridgehead atoms. The lowest BCUT2D eigenvalue weighted by Gasteiger charge is -2.28. The molecule has 33 heavy (non-hydrogen) atoms. The fourth-order valence-electron chi connectivity index (χ4n) is 4.48. The van der Waals surface area contributed by atoms with Crippen LogP contribution in [0.15, 0.2) is 18.2 Å². The van der Waals surface area contributed by atoms with Gasteiger partial charge in [-0.05, 0) is 45.7 Å². The molecule has 2 N–H and O–H groups in total. The SMILES string of the molecule is CC(C)(C)NC(=O)OC[C@H]1CCN(c2cccc3c2C(=O)N([C@H]2CCC(=O)NC2=O)C3=O)C1. The fraction of sp³-hybridized carbons (Fsp3) is 0.522. The first-order valence-corrected chi connectivity index (χ1v) is 11.1. The number of alkyl carbamates (subject to hydrolysis) is 1. The third-order valence-electron chi connectivity index (χ3n) is 6.00. The van der Waals surface area contributed by atoms with Crippen molar-refractivity contribution < 1.29 is 28.7 Å². The van der Waals surface area contributed by atoms with Gasteiger partial charge in [-0.3, -0.25) is 29.4 Å². The molecule has 3 aliphatic rings. The summed E-state index contributed by atoms with van der Waals surface area (Å²) < 4.78 is 5.36. The van der Waals surface area contributed by atoms with E-state index in [1.165, 1.54) is 0 Å². The van der Waals surface area contributed by atoms with Crippen molar-refractivity contribution in [1.29, 1.82) is 0 Å². The van der Waals surface area contributed by atoms with Crippen molar-refractivity contribution in [3.8, 4) is 0 Å². The van der Waals surface area contributed by atoms with Gasteiger partial charge in [-0.15, -0.1) is 0 Å². The fourth-order valence-corrected chi connectivity index (χ4v) is 4.48. The molecule has 1 aromatic rings. The van der Waals surface area contributed by atoms with Crippen LogP contribution in [0.5, 0.6) is 0 Å². The first-order chi connectivity index (χ1) is 15.5. The number of rotatable bonds is 4. The summed E-state index contributed by atoms with van der Waals surface area (Å²) in [6, 6.07) is 4.09. The number of carbonyl (C=O) groups excluding carboxylic acids is 5. The quantitative estimate of drug-likeness (QED) is 0.657. The number of ether oxygens (including phenoxy) is 1. The second-order valence-electron chi connectivity index (χ2n) is 9.72. The molecule has 1 aromatic carbocycles. The van der Waals surface area contributed by atoms with Gasteiger partial charge in [-0.1, -0.05) is 6.07 Å². The molecule has 2 atom stereocenters. The average Bonchev–Trinajstić information content (AvgIpc) is 3.29. The molecule has 5 amide bonds. The van der Waals surface area contributed by atoms with Crippen LogP contribution in [0.3, 0.4) is 0 Å². The summed E-state index contributed by atoms with van der Waals surface area (Å²) in [6.45, 7) is 7.08. The first-order valence-electron chi connectivity index (χ1n) is 11.1. The molecule has 4 rings (SSSR count). The number of imide groups is 2. The predicted molar refractivity (Wildman–Crippen MR) is 118 cm³/mol. The van der Waals surface area contributed by atoms with E-state index in [1.54, 1.807) is 18.2 Å². The summed E-state index contributed by atoms with van der Waals surface area (Å²) in [5.74, 6) is -2.00. The van der Waals surface area contributed by atoms with Crippen LogP contribution in [-0.4, -0.2) is 65.9 Å². The number of hydrogen-bond donors (Lipinski definition) is 2. The lowest BCUT2D eigenvalue weighted by atomic mass is 10.0. The number of fused-ring (bicyclic) bond motifs is 1. The summed E-state index contributed by atoms with van der Waals surface area (Å²) >= 11 is 0. The maximum absolute atomic E-state index is 13.3. The summed E-state index contributed by atoms with van der Waals surface area (Å²) in [7, 11) is 0. The molecule has 176 valence electrons. The van der Waals surface area contributed by atoms with Crippen molar-refractivity contribution in [2.45, 2.75) is 51.6 Å². The van der Waals surface area contributed by atoms with E-state index in [9.17, 15) is 24.0 Å². The van der Waals surface area contributed by atoms with Crippen LogP contribution in [0.4, 0.5) is 10.5 Å². The molecule has 10 nitrogen and oxygen atoms in total. The number of hydrogen-bond acceptors (Lipinski definition) is 7. The highest BCUT2D eigenvalue weighted by Crippen LogP contribution is 2.36. The van der Waals surface area contributed by atoms with Crippen LogP contribution in [0.1, 0.15) is 60.7 Å². The summed E-state index contributed by atoms with van der Waals surface area (Å²) in [6.07, 6.45) is 0.492. The summed E-state index contributed by atoms with van der Waals surface area (Å²) in [5, 5.41) is 4.96. The summed E-state index contributed by atoms with van der Waals surface area (Å²) in [4.78, 5) is 65.0. The van der Waals surface area contributed by atoms with Crippen molar-refractivity contribution in [3.05, 3.63) is 29.3 Å². The highest BCUT2D eigenvalue weighted by Gasteiger charge is 2.46. The van der Waals surface area contributed by atoms with Gasteiger partial charge >= 0.3 is 6.09 Å². The van der Waals surface area contributed by atoms with Crippen molar-refractivity contribution in [3.63, 3.8) is 0 Å². The standard InChI is InChI=1S/C23H28N4O6/c1-23(2,3)25-22(32)33-12-13-9-10-26(11-13)15-6-4-5-14-18(15)21(31)27(20(14)30)16-7-8-17(28)24-19(16)29/h4-6,13,16H,7-12H2,1-3H3,(H,25,32)(H,24,28,29)/t13-,16-/m0/s1. The number of carbonyl (C=O) groups is 5. The molecule has 0 radical (unpaired) electrons. The van der Waals surface area contributed by atoms with Crippen LogP contribution >= 0.6 is 0 Å². The van der Waals surface area contributed by atoms with Gasteiger partial charge in [0.2, 0.25) is 11.8 Å². The third kappa shape index (κ3) is 4.55. The Morgan fingerprint density at radius 1 is 1.15 bits per heavy atom. The van der Waals surface area contributed by atoms with E-state index >= 15 is 0 Å². The minimum Gasteiger partial charge on any atom is -0.449 e. The number of nitrogens with one attached hydrogen (secondary N) is 2. The molecular formula is C23H28N4O6. The molecule has 0 aromatic heterocycles. The van der Waals surface area contributed by atoms with Gasteiger partial charge < -0.3 is 15.0 Å². The molecule has 0 saturated carbocycles. The topological polar surface area (TPSA) is 125 Å². The van der Waals surface area contributed by atoms with Crippen LogP contribution in [-0.2, 0) is 14.3 Å².